The van der Waals surface area contributed by atoms with Crippen LogP contribution in [0, 0.1) is 35.9 Å². The molecule has 5 fully saturated rings. The van der Waals surface area contributed by atoms with Crippen LogP contribution in [0.1, 0.15) is 71.5 Å². The van der Waals surface area contributed by atoms with Crippen LogP contribution in [0.4, 0.5) is 4.39 Å². The number of fused-ring (bicyclic) bond motifs is 4. The topological polar surface area (TPSA) is 100 Å². The molecule has 0 unspecified atom stereocenters. The Labute approximate surface area is 310 Å². The van der Waals surface area contributed by atoms with Crippen molar-refractivity contribution in [1.82, 2.24) is 19.8 Å². The highest BCUT2D eigenvalue weighted by Gasteiger charge is 2.51. The second-order valence-corrected chi connectivity index (χ2v) is 15.5. The first kappa shape index (κ1) is 33.4. The van der Waals surface area contributed by atoms with E-state index in [1.165, 1.54) is 0 Å². The molecule has 2 bridgehead atoms. The van der Waals surface area contributed by atoms with Crippen LogP contribution >= 0.6 is 23.2 Å². The van der Waals surface area contributed by atoms with E-state index in [1.807, 2.05) is 24.0 Å². The lowest BCUT2D eigenvalue weighted by molar-refractivity contribution is -0.134. The van der Waals surface area contributed by atoms with Gasteiger partial charge in [-0.25, -0.2) is 14.2 Å². The summed E-state index contributed by atoms with van der Waals surface area (Å²) in [7, 11) is 0. The van der Waals surface area contributed by atoms with Crippen molar-refractivity contribution >= 4 is 56.9 Å². The number of halogens is 3. The number of esters is 1. The van der Waals surface area contributed by atoms with Gasteiger partial charge in [0.2, 0.25) is 5.91 Å². The third-order valence-corrected chi connectivity index (χ3v) is 12.3. The normalized spacial score (nSPS) is 23.6. The number of pyridine rings is 1. The molecule has 3 aromatic carbocycles. The van der Waals surface area contributed by atoms with Crippen LogP contribution in [0.2, 0.25) is 10.0 Å². The Morgan fingerprint density at radius 2 is 1.88 bits per heavy atom. The molecular weight excluding hydrogens is 700 g/mol. The number of hydrogen-bond donors (Lipinski definition) is 1. The molecule has 0 radical (unpaired) electrons. The lowest BCUT2D eigenvalue weighted by atomic mass is 9.79. The van der Waals surface area contributed by atoms with Crippen LogP contribution in [-0.4, -0.2) is 51.6 Å². The molecule has 5 aromatic rings. The molecule has 2 aliphatic carbocycles. The molecule has 10 rings (SSSR count). The fraction of sp³-hybridized carbons (Fsp3) is 0.366. The van der Waals surface area contributed by atoms with E-state index in [2.05, 4.69) is 22.0 Å². The fourth-order valence-corrected chi connectivity index (χ4v) is 9.26. The van der Waals surface area contributed by atoms with Crippen molar-refractivity contribution in [1.29, 1.82) is 5.26 Å². The lowest BCUT2D eigenvalue weighted by Gasteiger charge is -2.39. The highest BCUT2D eigenvalue weighted by Crippen LogP contribution is 2.51. The molecule has 3 aliphatic heterocycles. The van der Waals surface area contributed by atoms with Crippen LogP contribution in [0.3, 0.4) is 0 Å². The SMILES string of the molecule is Cc1nc2c(F)c(-c3cccc(Cl)c3Cl)c(CCC#N)cc2c2c1cc([C@H]1C[C@H](OC(=O)c3ccccc3)CN1C(=O)C1CC1)n2[C@H]1[C@H]2CN[C@@H]1C2. The average molecular weight is 737 g/mol. The molecule has 0 spiro atoms. The summed E-state index contributed by atoms with van der Waals surface area (Å²) in [5, 5.41) is 15.3. The number of carbonyl (C=O) groups excluding carboxylic acids is 2. The van der Waals surface area contributed by atoms with Gasteiger partial charge in [0.05, 0.1) is 45.8 Å². The van der Waals surface area contributed by atoms with Gasteiger partial charge in [0.25, 0.3) is 0 Å². The molecule has 11 heteroatoms. The van der Waals surface area contributed by atoms with Crippen molar-refractivity contribution in [3.8, 4) is 17.2 Å². The number of amides is 1. The van der Waals surface area contributed by atoms with Crippen molar-refractivity contribution < 1.29 is 18.7 Å². The van der Waals surface area contributed by atoms with Crippen molar-refractivity contribution in [2.24, 2.45) is 11.8 Å². The average Bonchev–Trinajstić information content (AvgIpc) is 3.43. The van der Waals surface area contributed by atoms with Gasteiger partial charge < -0.3 is 19.5 Å². The Balaban J connectivity index is 1.24. The molecule has 2 saturated carbocycles. The van der Waals surface area contributed by atoms with Crippen LogP contribution in [0.25, 0.3) is 32.9 Å². The molecule has 3 saturated heterocycles. The van der Waals surface area contributed by atoms with Crippen LogP contribution in [0.15, 0.2) is 60.7 Å². The van der Waals surface area contributed by atoms with E-state index in [9.17, 15) is 14.9 Å². The number of rotatable bonds is 8. The quantitative estimate of drug-likeness (QED) is 0.161. The number of likely N-dealkylation sites (tertiary alicyclic amines) is 1. The first-order valence-corrected chi connectivity index (χ1v) is 18.8. The predicted molar refractivity (Wildman–Crippen MR) is 198 cm³/mol. The summed E-state index contributed by atoms with van der Waals surface area (Å²) in [4.78, 5) is 34.0. The van der Waals surface area contributed by atoms with Gasteiger partial charge >= 0.3 is 5.97 Å². The van der Waals surface area contributed by atoms with Crippen molar-refractivity contribution in [3.63, 3.8) is 0 Å². The number of aromatic nitrogens is 2. The summed E-state index contributed by atoms with van der Waals surface area (Å²) in [5.74, 6) is -0.488. The molecule has 264 valence electrons. The zero-order chi connectivity index (χ0) is 35.8. The zero-order valence-corrected chi connectivity index (χ0v) is 30.1. The minimum Gasteiger partial charge on any atom is -0.457 e. The second kappa shape index (κ2) is 12.9. The molecule has 1 amide bonds. The summed E-state index contributed by atoms with van der Waals surface area (Å²) in [6.07, 6.45) is 3.21. The molecule has 1 N–H and O–H groups in total. The van der Waals surface area contributed by atoms with Crippen LogP contribution in [0.5, 0.6) is 0 Å². The Kier molecular flexibility index (Phi) is 8.26. The molecule has 5 aliphatic rings. The number of nitrogens with zero attached hydrogens (tertiary/aromatic N) is 4. The highest BCUT2D eigenvalue weighted by molar-refractivity contribution is 6.43. The van der Waals surface area contributed by atoms with Gasteiger partial charge in [0.1, 0.15) is 11.6 Å². The maximum Gasteiger partial charge on any atom is 0.338 e. The van der Waals surface area contributed by atoms with E-state index in [0.717, 1.165) is 42.4 Å². The minimum atomic E-state index is -0.511. The van der Waals surface area contributed by atoms with Gasteiger partial charge in [-0.2, -0.15) is 5.26 Å². The Bertz CT molecular complexity index is 2320. The fourth-order valence-electron chi connectivity index (χ4n) is 8.86. The Morgan fingerprint density at radius 1 is 1.08 bits per heavy atom. The van der Waals surface area contributed by atoms with Gasteiger partial charge in [0, 0.05) is 64.6 Å². The predicted octanol–water partition coefficient (Wildman–Crippen LogP) is 8.51. The van der Waals surface area contributed by atoms with Crippen molar-refractivity contribution in [3.05, 3.63) is 99.0 Å². The number of hydrogen-bond acceptors (Lipinski definition) is 6. The summed E-state index contributed by atoms with van der Waals surface area (Å²) >= 11 is 13.1. The minimum absolute atomic E-state index is 0.0248. The number of nitriles is 1. The smallest absolute Gasteiger partial charge is 0.338 e. The molecule has 5 heterocycles. The summed E-state index contributed by atoms with van der Waals surface area (Å²) in [6, 6.07) is 20.4. The number of aryl methyl sites for hydroxylation is 2. The van der Waals surface area contributed by atoms with Gasteiger partial charge in [-0.3, -0.25) is 4.79 Å². The Hall–Kier alpha value is -4.49. The van der Waals surface area contributed by atoms with E-state index in [1.54, 1.807) is 42.5 Å². The maximum atomic E-state index is 17.2. The largest absolute Gasteiger partial charge is 0.457 e. The standard InChI is InChI=1S/C41H36Cl2FN5O3/c1-21-28-18-33(32-17-26(20-48(32)40(50)22-12-13-22)52-41(51)23-7-3-2-4-8-23)49(38-25-16-31(38)46-19-25)39(28)29-15-24(9-6-14-45)34(36(44)37(29)47-21)27-10-5-11-30(42)35(27)43/h2-5,7-8,10-11,15,18,22,25-26,31-32,38,46H,6,9,12-13,16-17,19-20H2,1H3/t25-,26+,31-,32-,38+/m1/s1. The highest BCUT2D eigenvalue weighted by atomic mass is 35.5. The van der Waals surface area contributed by atoms with Gasteiger partial charge in [0.15, 0.2) is 5.82 Å². The number of benzene rings is 3. The zero-order valence-electron chi connectivity index (χ0n) is 28.5. The van der Waals surface area contributed by atoms with Crippen LogP contribution < -0.4 is 5.32 Å². The summed E-state index contributed by atoms with van der Waals surface area (Å²) in [5.41, 5.74) is 4.56. The van der Waals surface area contributed by atoms with E-state index in [4.69, 9.17) is 32.9 Å². The number of nitrogens with one attached hydrogen (secondary N) is 1. The third kappa shape index (κ3) is 5.38. The number of ether oxygens (including phenoxy) is 1. The van der Waals surface area contributed by atoms with Crippen molar-refractivity contribution in [2.75, 3.05) is 13.1 Å². The first-order valence-electron chi connectivity index (χ1n) is 18.0. The van der Waals surface area contributed by atoms with E-state index in [-0.39, 0.29) is 46.9 Å². The molecule has 2 aromatic heterocycles. The first-order chi connectivity index (χ1) is 25.2. The monoisotopic (exact) mass is 735 g/mol. The summed E-state index contributed by atoms with van der Waals surface area (Å²) < 4.78 is 25.6. The number of carbonyl (C=O) groups is 2. The van der Waals surface area contributed by atoms with E-state index >= 15 is 4.39 Å². The molecule has 8 nitrogen and oxygen atoms in total. The van der Waals surface area contributed by atoms with Gasteiger partial charge in [-0.05, 0) is 74.4 Å². The van der Waals surface area contributed by atoms with Gasteiger partial charge in [-0.15, -0.1) is 0 Å². The summed E-state index contributed by atoms with van der Waals surface area (Å²) in [6.45, 7) is 3.08. The van der Waals surface area contributed by atoms with E-state index < -0.39 is 17.9 Å². The Morgan fingerprint density at radius 3 is 2.60 bits per heavy atom. The molecule has 52 heavy (non-hydrogen) atoms. The second-order valence-electron chi connectivity index (χ2n) is 14.7. The van der Waals surface area contributed by atoms with E-state index in [0.29, 0.717) is 63.7 Å². The maximum absolute atomic E-state index is 17.2. The van der Waals surface area contributed by atoms with Crippen molar-refractivity contribution in [2.45, 2.75) is 69.7 Å². The lowest BCUT2D eigenvalue weighted by Crippen LogP contribution is -2.41. The molecule has 5 atom stereocenters. The third-order valence-electron chi connectivity index (χ3n) is 11.5. The molecular formula is C41H36Cl2FN5O3. The van der Waals surface area contributed by atoms with Gasteiger partial charge in [-0.1, -0.05) is 53.5 Å². The van der Waals surface area contributed by atoms with Crippen LogP contribution in [-0.2, 0) is 16.0 Å².